The van der Waals surface area contributed by atoms with Gasteiger partial charge in [-0.05, 0) is 62.5 Å². The van der Waals surface area contributed by atoms with E-state index in [0.717, 1.165) is 43.9 Å². The minimum atomic E-state index is -0.844. The summed E-state index contributed by atoms with van der Waals surface area (Å²) in [5.41, 5.74) is 2.61. The second-order valence-electron chi connectivity index (χ2n) is 10.0. The summed E-state index contributed by atoms with van der Waals surface area (Å²) in [5, 5.41) is 9.37. The molecule has 1 unspecified atom stereocenters. The molecule has 3 nitrogen and oxygen atoms in total. The van der Waals surface area contributed by atoms with Crippen LogP contribution in [-0.4, -0.2) is 22.7 Å². The van der Waals surface area contributed by atoms with Gasteiger partial charge < -0.3 is 5.11 Å². The van der Waals surface area contributed by atoms with Gasteiger partial charge in [-0.2, -0.15) is 0 Å². The Morgan fingerprint density at radius 2 is 1.58 bits per heavy atom. The molecule has 5 heteroatoms. The number of ketones is 1. The van der Waals surface area contributed by atoms with E-state index in [1.807, 2.05) is 13.8 Å². The maximum absolute atomic E-state index is 13.0. The van der Waals surface area contributed by atoms with E-state index >= 15 is 0 Å². The first-order valence-corrected chi connectivity index (χ1v) is 11.5. The van der Waals surface area contributed by atoms with Crippen LogP contribution in [0, 0.1) is 29.9 Å². The Hall–Kier alpha value is -1.62. The van der Waals surface area contributed by atoms with Crippen LogP contribution in [0.2, 0.25) is 0 Å². The van der Waals surface area contributed by atoms with Crippen molar-refractivity contribution in [3.63, 3.8) is 0 Å². The van der Waals surface area contributed by atoms with E-state index in [-0.39, 0.29) is 11.9 Å². The number of halogens is 2. The van der Waals surface area contributed by atoms with Gasteiger partial charge in [0.1, 0.15) is 5.78 Å². The third kappa shape index (κ3) is 15.8. The third-order valence-corrected chi connectivity index (χ3v) is 4.29. The quantitative estimate of drug-likeness (QED) is 0.421. The Bertz CT molecular complexity index is 698. The number of carbonyl (C=O) groups excluding carboxylic acids is 1. The lowest BCUT2D eigenvalue weighted by Crippen LogP contribution is -2.14. The summed E-state index contributed by atoms with van der Waals surface area (Å²) < 4.78 is 25.8. The van der Waals surface area contributed by atoms with Crippen molar-refractivity contribution in [2.75, 3.05) is 0 Å². The van der Waals surface area contributed by atoms with Crippen molar-refractivity contribution >= 4 is 17.2 Å². The highest BCUT2D eigenvalue weighted by molar-refractivity contribution is 5.84. The fourth-order valence-electron chi connectivity index (χ4n) is 2.64. The fraction of sp³-hybridized carbons (Fsp3) is 0.692. The van der Waals surface area contributed by atoms with Gasteiger partial charge in [-0.15, -0.1) is 0 Å². The first-order chi connectivity index (χ1) is 14.3. The predicted molar refractivity (Wildman–Crippen MR) is 127 cm³/mol. The minimum absolute atomic E-state index is 0.215. The van der Waals surface area contributed by atoms with E-state index in [1.165, 1.54) is 6.07 Å². The number of hydrogen-bond acceptors (Lipinski definition) is 3. The van der Waals surface area contributed by atoms with Crippen molar-refractivity contribution < 1.29 is 18.7 Å². The summed E-state index contributed by atoms with van der Waals surface area (Å²) in [6.07, 6.45) is 5.67. The Balaban J connectivity index is 0.000000492. The van der Waals surface area contributed by atoms with Crippen LogP contribution < -0.4 is 0 Å². The zero-order chi connectivity index (χ0) is 24.2. The maximum Gasteiger partial charge on any atom is 0.160 e. The number of aliphatic hydroxyl groups excluding tert-OH is 1. The molecule has 0 heterocycles. The summed E-state index contributed by atoms with van der Waals surface area (Å²) in [4.78, 5) is 15.3. The van der Waals surface area contributed by atoms with E-state index in [9.17, 15) is 18.7 Å². The monoisotopic (exact) mass is 439 g/mol. The predicted octanol–water partition coefficient (Wildman–Crippen LogP) is 7.73. The number of rotatable bonds is 8. The summed E-state index contributed by atoms with van der Waals surface area (Å²) in [6, 6.07) is 2.32. The van der Waals surface area contributed by atoms with E-state index in [4.69, 9.17) is 0 Å². The molecule has 1 saturated carbocycles. The minimum Gasteiger partial charge on any atom is -0.392 e. The van der Waals surface area contributed by atoms with Gasteiger partial charge >= 0.3 is 0 Å². The molecule has 1 aromatic rings. The molecule has 2 rings (SSSR count). The molecule has 0 spiro atoms. The molecule has 1 fully saturated rings. The van der Waals surface area contributed by atoms with Crippen LogP contribution in [0.4, 0.5) is 14.5 Å². The molecule has 1 aliphatic carbocycles. The molecule has 0 aliphatic heterocycles. The molecule has 0 amide bonds. The first-order valence-electron chi connectivity index (χ1n) is 11.5. The van der Waals surface area contributed by atoms with Gasteiger partial charge in [0.15, 0.2) is 11.6 Å². The van der Waals surface area contributed by atoms with Gasteiger partial charge in [0.05, 0.1) is 11.8 Å². The van der Waals surface area contributed by atoms with Crippen molar-refractivity contribution in [2.45, 2.75) is 106 Å². The summed E-state index contributed by atoms with van der Waals surface area (Å²) in [5.74, 6) is -1.01. The fourth-order valence-corrected chi connectivity index (χ4v) is 2.64. The number of aliphatic hydroxyl groups is 1. The van der Waals surface area contributed by atoms with Crippen LogP contribution in [0.1, 0.15) is 99.0 Å². The number of aliphatic imine (C=N–C) groups is 1. The SMILES string of the molecule is CC(C)(C)C.CCCC(=O)CC(O)C1CC1.CCCC(C)=Nc1cc(F)c(F)cc1C. The molecule has 0 radical (unpaired) electrons. The molecule has 1 atom stereocenters. The average Bonchev–Trinajstić information content (AvgIpc) is 3.44. The molecule has 1 aromatic carbocycles. The van der Waals surface area contributed by atoms with Crippen LogP contribution in [0.5, 0.6) is 0 Å². The highest BCUT2D eigenvalue weighted by Crippen LogP contribution is 2.34. The van der Waals surface area contributed by atoms with E-state index in [2.05, 4.69) is 39.6 Å². The van der Waals surface area contributed by atoms with E-state index in [0.29, 0.717) is 35.4 Å². The summed E-state index contributed by atoms with van der Waals surface area (Å²) in [7, 11) is 0. The van der Waals surface area contributed by atoms with Gasteiger partial charge in [0.2, 0.25) is 0 Å². The van der Waals surface area contributed by atoms with Crippen LogP contribution in [0.25, 0.3) is 0 Å². The van der Waals surface area contributed by atoms with Crippen LogP contribution in [-0.2, 0) is 4.79 Å². The second-order valence-corrected chi connectivity index (χ2v) is 10.0. The van der Waals surface area contributed by atoms with E-state index < -0.39 is 11.6 Å². The second kappa shape index (κ2) is 14.4. The Kier molecular flexibility index (Phi) is 13.7. The van der Waals surface area contributed by atoms with Gasteiger partial charge in [0.25, 0.3) is 0 Å². The lowest BCUT2D eigenvalue weighted by molar-refractivity contribution is -0.121. The lowest BCUT2D eigenvalue weighted by Gasteiger charge is -2.06. The molecule has 178 valence electrons. The Labute approximate surface area is 188 Å². The average molecular weight is 440 g/mol. The van der Waals surface area contributed by atoms with Crippen LogP contribution in [0.15, 0.2) is 17.1 Å². The molecule has 31 heavy (non-hydrogen) atoms. The van der Waals surface area contributed by atoms with Crippen molar-refractivity contribution in [1.82, 2.24) is 0 Å². The van der Waals surface area contributed by atoms with Crippen LogP contribution in [0.3, 0.4) is 0 Å². The smallest absolute Gasteiger partial charge is 0.160 e. The number of nitrogens with zero attached hydrogens (tertiary/aromatic N) is 1. The molecule has 0 aromatic heterocycles. The number of aryl methyl sites for hydroxylation is 1. The first kappa shape index (κ1) is 29.4. The van der Waals surface area contributed by atoms with E-state index in [1.54, 1.807) is 6.92 Å². The molecule has 1 aliphatic rings. The van der Waals surface area contributed by atoms with Gasteiger partial charge in [-0.3, -0.25) is 9.79 Å². The highest BCUT2D eigenvalue weighted by Gasteiger charge is 2.30. The Morgan fingerprint density at radius 1 is 1.10 bits per heavy atom. The molecular weight excluding hydrogens is 396 g/mol. The topological polar surface area (TPSA) is 49.7 Å². The zero-order valence-corrected chi connectivity index (χ0v) is 20.8. The standard InChI is InChI=1S/C12H15F2N.C9H16O2.C5H12/c1-4-5-9(3)15-12-7-11(14)10(13)6-8(12)2;1-2-3-8(10)6-9(11)7-4-5-7;1-5(2,3)4/h6-7H,4-5H2,1-3H3;7,9,11H,2-6H2,1H3;1-4H3. The summed E-state index contributed by atoms with van der Waals surface area (Å²) in [6.45, 7) is 16.4. The van der Waals surface area contributed by atoms with Crippen LogP contribution >= 0.6 is 0 Å². The van der Waals surface area contributed by atoms with Gasteiger partial charge in [0, 0.05) is 24.6 Å². The van der Waals surface area contributed by atoms with Gasteiger partial charge in [-0.1, -0.05) is 48.0 Å². The van der Waals surface area contributed by atoms with Crippen molar-refractivity contribution in [3.05, 3.63) is 29.3 Å². The maximum atomic E-state index is 13.0. The molecule has 1 N–H and O–H groups in total. The molecule has 0 saturated heterocycles. The number of carbonyl (C=O) groups is 1. The normalized spacial score (nSPS) is 14.7. The number of Topliss-reactive ketones (excluding diaryl/α,β-unsaturated/α-hetero) is 1. The zero-order valence-electron chi connectivity index (χ0n) is 20.8. The summed E-state index contributed by atoms with van der Waals surface area (Å²) >= 11 is 0. The largest absolute Gasteiger partial charge is 0.392 e. The third-order valence-electron chi connectivity index (χ3n) is 4.29. The highest BCUT2D eigenvalue weighted by atomic mass is 19.2. The Morgan fingerprint density at radius 3 is 2.03 bits per heavy atom. The van der Waals surface area contributed by atoms with Crippen molar-refractivity contribution in [2.24, 2.45) is 16.3 Å². The molecule has 0 bridgehead atoms. The van der Waals surface area contributed by atoms with Crippen molar-refractivity contribution in [1.29, 1.82) is 0 Å². The molecular formula is C26H43F2NO2. The van der Waals surface area contributed by atoms with Crippen molar-refractivity contribution in [3.8, 4) is 0 Å². The number of hydrogen-bond donors (Lipinski definition) is 1. The lowest BCUT2D eigenvalue weighted by atomic mass is 10.0. The number of benzene rings is 1. The van der Waals surface area contributed by atoms with Gasteiger partial charge in [-0.25, -0.2) is 8.78 Å².